The first-order valence-corrected chi connectivity index (χ1v) is 19.1. The number of rotatable bonds is 4. The average molecular weight is 762 g/mol. The molecule has 10 rings (SSSR count). The Morgan fingerprint density at radius 2 is 1.09 bits per heavy atom. The second kappa shape index (κ2) is 12.6. The fourth-order valence-corrected chi connectivity index (χ4v) is 9.81. The standard InChI is InChI=1S/C50H32BF4N3/c1-48(2)37-18-10-12-20-39(37)51(40-21-13-11-19-38(40)48)45-43-44(50(54,55)29-49(43,52)53)47(36(28-56)46(45)57-3)58-41-24-22-32(30-14-6-4-7-15-30)26-34(41)35-27-33(23-25-42(35)58)31-16-8-5-9-17-31/h4-27H,29H2,1-2H3. The van der Waals surface area contributed by atoms with Gasteiger partial charge in [0.15, 0.2) is 0 Å². The van der Waals surface area contributed by atoms with E-state index in [0.717, 1.165) is 33.4 Å². The fraction of sp³-hybridized carbons (Fsp3) is 0.120. The summed E-state index contributed by atoms with van der Waals surface area (Å²) in [5.41, 5.74) is 3.79. The van der Waals surface area contributed by atoms with Crippen molar-refractivity contribution in [3.63, 3.8) is 0 Å². The molecule has 0 fully saturated rings. The molecule has 0 radical (unpaired) electrons. The van der Waals surface area contributed by atoms with Crippen molar-refractivity contribution in [2.24, 2.45) is 0 Å². The summed E-state index contributed by atoms with van der Waals surface area (Å²) in [6.45, 7) is 11.7. The first-order valence-electron chi connectivity index (χ1n) is 19.1. The Labute approximate surface area is 333 Å². The van der Waals surface area contributed by atoms with Crippen LogP contribution >= 0.6 is 0 Å². The van der Waals surface area contributed by atoms with Gasteiger partial charge in [0.1, 0.15) is 0 Å². The van der Waals surface area contributed by atoms with Crippen molar-refractivity contribution in [2.45, 2.75) is 37.5 Å². The van der Waals surface area contributed by atoms with E-state index in [4.69, 9.17) is 6.57 Å². The molecular formula is C50H32BF4N3. The number of fused-ring (bicyclic) bond motifs is 6. The number of hydrogen-bond donors (Lipinski definition) is 0. The number of nitrogens with zero attached hydrogens (tertiary/aromatic N) is 3. The van der Waals surface area contributed by atoms with Crippen molar-refractivity contribution >= 4 is 50.6 Å². The Hall–Kier alpha value is -6.90. The summed E-state index contributed by atoms with van der Waals surface area (Å²) in [6.07, 6.45) is -1.78. The van der Waals surface area contributed by atoms with E-state index in [-0.39, 0.29) is 22.4 Å². The second-order valence-electron chi connectivity index (χ2n) is 15.8. The van der Waals surface area contributed by atoms with Crippen LogP contribution in [0.3, 0.4) is 0 Å². The molecule has 8 heteroatoms. The van der Waals surface area contributed by atoms with Gasteiger partial charge in [0.25, 0.3) is 11.8 Å². The van der Waals surface area contributed by atoms with E-state index in [2.05, 4.69) is 10.9 Å². The van der Waals surface area contributed by atoms with Gasteiger partial charge >= 0.3 is 0 Å². The third-order valence-electron chi connectivity index (χ3n) is 12.3. The van der Waals surface area contributed by atoms with Gasteiger partial charge in [0.2, 0.25) is 12.4 Å². The minimum Gasteiger partial charge on any atom is -0.309 e. The SMILES string of the molecule is [C-]#[N+]c1c(C#N)c(-n2c3ccc(-c4ccccc4)cc3c3cc(-c4ccccc4)ccc32)c2c(c1B1c3ccccc3C(C)(C)c3ccccc31)C(F)(F)CC2(F)F. The van der Waals surface area contributed by atoms with Crippen LogP contribution in [0.5, 0.6) is 0 Å². The number of nitriles is 1. The second-order valence-corrected chi connectivity index (χ2v) is 15.8. The number of halogens is 4. The van der Waals surface area contributed by atoms with E-state index in [1.165, 1.54) is 4.57 Å². The third-order valence-corrected chi connectivity index (χ3v) is 12.3. The average Bonchev–Trinajstić information content (AvgIpc) is 3.66. The van der Waals surface area contributed by atoms with Crippen LogP contribution in [-0.4, -0.2) is 11.3 Å². The van der Waals surface area contributed by atoms with E-state index in [0.29, 0.717) is 32.7 Å². The van der Waals surface area contributed by atoms with Gasteiger partial charge in [-0.3, -0.25) is 0 Å². The summed E-state index contributed by atoms with van der Waals surface area (Å²) in [5.74, 6) is -8.09. The maximum Gasteiger partial charge on any atom is 0.281 e. The molecule has 1 aromatic heterocycles. The topological polar surface area (TPSA) is 33.1 Å². The molecule has 0 atom stereocenters. The molecule has 1 aliphatic heterocycles. The molecule has 0 spiro atoms. The van der Waals surface area contributed by atoms with Crippen LogP contribution in [0.4, 0.5) is 23.2 Å². The van der Waals surface area contributed by atoms with Gasteiger partial charge in [0, 0.05) is 21.8 Å². The molecular weight excluding hydrogens is 729 g/mol. The van der Waals surface area contributed by atoms with Gasteiger partial charge in [-0.25, -0.2) is 22.4 Å². The minimum absolute atomic E-state index is 0.235. The van der Waals surface area contributed by atoms with E-state index in [1.54, 1.807) is 24.3 Å². The third kappa shape index (κ3) is 4.98. The number of alkyl halides is 4. The van der Waals surface area contributed by atoms with Gasteiger partial charge < -0.3 is 4.57 Å². The van der Waals surface area contributed by atoms with E-state index < -0.39 is 41.5 Å². The molecule has 0 amide bonds. The van der Waals surface area contributed by atoms with E-state index in [9.17, 15) is 5.26 Å². The van der Waals surface area contributed by atoms with E-state index in [1.807, 2.05) is 135 Å². The molecule has 0 N–H and O–H groups in total. The lowest BCUT2D eigenvalue weighted by Gasteiger charge is -2.39. The van der Waals surface area contributed by atoms with Crippen LogP contribution in [0.15, 0.2) is 146 Å². The highest BCUT2D eigenvalue weighted by molar-refractivity contribution is 6.97. The Kier molecular flexibility index (Phi) is 7.69. The highest BCUT2D eigenvalue weighted by Gasteiger charge is 2.60. The monoisotopic (exact) mass is 761 g/mol. The van der Waals surface area contributed by atoms with Crippen molar-refractivity contribution in [3.05, 3.63) is 185 Å². The van der Waals surface area contributed by atoms with Crippen molar-refractivity contribution in [3.8, 4) is 34.0 Å². The lowest BCUT2D eigenvalue weighted by molar-refractivity contribution is -0.0920. The van der Waals surface area contributed by atoms with Crippen molar-refractivity contribution in [1.29, 1.82) is 5.26 Å². The maximum absolute atomic E-state index is 17.0. The highest BCUT2D eigenvalue weighted by atomic mass is 19.3. The molecule has 0 bridgehead atoms. The van der Waals surface area contributed by atoms with Crippen LogP contribution < -0.4 is 16.4 Å². The zero-order chi connectivity index (χ0) is 40.1. The largest absolute Gasteiger partial charge is 0.309 e. The normalized spacial score (nSPS) is 15.7. The van der Waals surface area contributed by atoms with E-state index >= 15 is 17.6 Å². The van der Waals surface area contributed by atoms with Gasteiger partial charge in [-0.05, 0) is 57.6 Å². The number of benzene rings is 7. The fourth-order valence-electron chi connectivity index (χ4n) is 9.81. The van der Waals surface area contributed by atoms with Crippen molar-refractivity contribution in [1.82, 2.24) is 4.57 Å². The molecule has 0 saturated carbocycles. The summed E-state index contributed by atoms with van der Waals surface area (Å²) < 4.78 is 69.4. The minimum atomic E-state index is -4.06. The van der Waals surface area contributed by atoms with Crippen LogP contribution in [0.2, 0.25) is 0 Å². The predicted molar refractivity (Wildman–Crippen MR) is 225 cm³/mol. The van der Waals surface area contributed by atoms with Gasteiger partial charge in [-0.2, -0.15) is 5.26 Å². The molecule has 2 heterocycles. The lowest BCUT2D eigenvalue weighted by atomic mass is 9.30. The molecule has 58 heavy (non-hydrogen) atoms. The van der Waals surface area contributed by atoms with Crippen LogP contribution in [0.1, 0.15) is 48.1 Å². The Balaban J connectivity index is 1.36. The Morgan fingerprint density at radius 3 is 1.57 bits per heavy atom. The summed E-state index contributed by atoms with van der Waals surface area (Å²) in [7, 11) is 0. The summed E-state index contributed by atoms with van der Waals surface area (Å²) in [6, 6.07) is 47.7. The maximum atomic E-state index is 17.0. The van der Waals surface area contributed by atoms with Crippen molar-refractivity contribution in [2.75, 3.05) is 0 Å². The molecule has 8 aromatic rings. The zero-order valence-corrected chi connectivity index (χ0v) is 31.5. The zero-order valence-electron chi connectivity index (χ0n) is 31.5. The van der Waals surface area contributed by atoms with Crippen LogP contribution in [0, 0.1) is 17.9 Å². The Bertz CT molecular complexity index is 2950. The molecule has 0 saturated heterocycles. The highest BCUT2D eigenvalue weighted by Crippen LogP contribution is 2.57. The Morgan fingerprint density at radius 1 is 0.621 bits per heavy atom. The quantitative estimate of drug-likeness (QED) is 0.0999. The molecule has 278 valence electrons. The molecule has 2 aliphatic rings. The van der Waals surface area contributed by atoms with Gasteiger partial charge in [-0.15, -0.1) is 0 Å². The number of hydrogen-bond acceptors (Lipinski definition) is 1. The van der Waals surface area contributed by atoms with Crippen LogP contribution in [-0.2, 0) is 17.3 Å². The summed E-state index contributed by atoms with van der Waals surface area (Å²) >= 11 is 0. The first kappa shape index (κ1) is 35.5. The molecule has 1 aliphatic carbocycles. The number of aromatic nitrogens is 1. The van der Waals surface area contributed by atoms with Gasteiger partial charge in [0.05, 0.1) is 46.9 Å². The predicted octanol–water partition coefficient (Wildman–Crippen LogP) is 11.3. The van der Waals surface area contributed by atoms with Crippen LogP contribution in [0.25, 0.3) is 54.6 Å². The molecule has 7 aromatic carbocycles. The van der Waals surface area contributed by atoms with Gasteiger partial charge in [-0.1, -0.05) is 152 Å². The smallest absolute Gasteiger partial charge is 0.281 e. The van der Waals surface area contributed by atoms with Crippen molar-refractivity contribution < 1.29 is 17.6 Å². The summed E-state index contributed by atoms with van der Waals surface area (Å²) in [4.78, 5) is 3.86. The lowest BCUT2D eigenvalue weighted by Crippen LogP contribution is -2.61. The molecule has 0 unspecified atom stereocenters. The first-order chi connectivity index (χ1) is 28.0. The summed E-state index contributed by atoms with van der Waals surface area (Å²) in [5, 5.41) is 12.5. The molecule has 3 nitrogen and oxygen atoms in total.